The number of ether oxygens (including phenoxy) is 4. The van der Waals surface area contributed by atoms with Crippen LogP contribution in [-0.2, 0) is 9.47 Å². The lowest BCUT2D eigenvalue weighted by molar-refractivity contribution is -0.304. The van der Waals surface area contributed by atoms with Crippen molar-refractivity contribution in [2.24, 2.45) is 0 Å². The molecule has 1 fully saturated rings. The molecule has 0 amide bonds. The van der Waals surface area contributed by atoms with E-state index in [2.05, 4.69) is 0 Å². The van der Waals surface area contributed by atoms with Crippen molar-refractivity contribution in [1.82, 2.24) is 0 Å². The third-order valence-electron chi connectivity index (χ3n) is 5.72. The Morgan fingerprint density at radius 2 is 1.67 bits per heavy atom. The molecule has 0 saturated carbocycles. The fourth-order valence-electron chi connectivity index (χ4n) is 3.92. The minimum atomic E-state index is -1.69. The van der Waals surface area contributed by atoms with Crippen LogP contribution in [0.4, 0.5) is 0 Å². The van der Waals surface area contributed by atoms with E-state index in [1.807, 2.05) is 0 Å². The lowest BCUT2D eigenvalue weighted by Gasteiger charge is -2.42. The Kier molecular flexibility index (Phi) is 6.08. The van der Waals surface area contributed by atoms with E-state index in [0.717, 1.165) is 12.1 Å². The number of aliphatic hydroxyl groups excluding tert-OH is 3. The maximum Gasteiger partial charge on any atom is 0.203 e. The first-order valence-electron chi connectivity index (χ1n) is 10.1. The number of benzene rings is 2. The summed E-state index contributed by atoms with van der Waals surface area (Å²) in [5, 5.41) is 60.4. The monoisotopic (exact) mass is 464 g/mol. The molecule has 0 spiro atoms. The molecular formula is C22H24O11. The number of Topliss-reactive ketones (excluding diaryl/α,β-unsaturated/α-hetero) is 1. The number of hydrogen-bond donors (Lipinski definition) is 6. The Morgan fingerprint density at radius 1 is 0.939 bits per heavy atom. The van der Waals surface area contributed by atoms with Gasteiger partial charge in [-0.2, -0.15) is 0 Å². The molecule has 178 valence electrons. The van der Waals surface area contributed by atoms with Crippen molar-refractivity contribution >= 4 is 5.78 Å². The van der Waals surface area contributed by atoms with Gasteiger partial charge in [0.15, 0.2) is 30.0 Å². The Balaban J connectivity index is 1.76. The topological polar surface area (TPSA) is 175 Å². The highest BCUT2D eigenvalue weighted by Crippen LogP contribution is 2.44. The van der Waals surface area contributed by atoms with E-state index in [1.54, 1.807) is 0 Å². The molecule has 33 heavy (non-hydrogen) atoms. The third-order valence-corrected chi connectivity index (χ3v) is 5.72. The number of aromatic hydroxyl groups is 3. The second-order valence-corrected chi connectivity index (χ2v) is 7.91. The molecular weight excluding hydrogens is 440 g/mol. The van der Waals surface area contributed by atoms with Crippen LogP contribution < -0.4 is 9.47 Å². The van der Waals surface area contributed by atoms with Gasteiger partial charge in [0.05, 0.1) is 13.2 Å². The number of rotatable bonds is 4. The van der Waals surface area contributed by atoms with Crippen molar-refractivity contribution in [3.05, 3.63) is 41.5 Å². The zero-order valence-corrected chi connectivity index (χ0v) is 17.7. The Bertz CT molecular complexity index is 1050. The summed E-state index contributed by atoms with van der Waals surface area (Å²) in [4.78, 5) is 13.4. The fourth-order valence-corrected chi connectivity index (χ4v) is 3.92. The van der Waals surface area contributed by atoms with Crippen molar-refractivity contribution in [1.29, 1.82) is 0 Å². The molecule has 1 saturated heterocycles. The predicted octanol–water partition coefficient (Wildman–Crippen LogP) is 0.341. The highest BCUT2D eigenvalue weighted by atomic mass is 16.7. The Labute approximate surface area is 188 Å². The zero-order valence-electron chi connectivity index (χ0n) is 17.7. The van der Waals surface area contributed by atoms with Gasteiger partial charge in [-0.25, -0.2) is 0 Å². The van der Waals surface area contributed by atoms with Crippen molar-refractivity contribution in [2.45, 2.75) is 49.8 Å². The summed E-state index contributed by atoms with van der Waals surface area (Å²) in [5.74, 6) is -1.80. The fraction of sp³-hybridized carbons (Fsp3) is 0.409. The van der Waals surface area contributed by atoms with Crippen molar-refractivity contribution in [2.75, 3.05) is 7.11 Å². The minimum absolute atomic E-state index is 0.0907. The van der Waals surface area contributed by atoms with Crippen LogP contribution in [0.5, 0.6) is 28.7 Å². The van der Waals surface area contributed by atoms with E-state index in [9.17, 15) is 35.4 Å². The molecule has 0 unspecified atom stereocenters. The van der Waals surface area contributed by atoms with E-state index in [4.69, 9.17) is 18.9 Å². The lowest BCUT2D eigenvalue weighted by atomic mass is 9.92. The number of fused-ring (bicyclic) bond motifs is 1. The van der Waals surface area contributed by atoms with Crippen LogP contribution in [-0.4, -0.2) is 80.3 Å². The molecule has 11 heteroatoms. The average Bonchev–Trinajstić information content (AvgIpc) is 2.77. The summed E-state index contributed by atoms with van der Waals surface area (Å²) >= 11 is 0. The summed E-state index contributed by atoms with van der Waals surface area (Å²) in [7, 11) is 1.34. The van der Waals surface area contributed by atoms with Crippen molar-refractivity contribution in [3.63, 3.8) is 0 Å². The maximum absolute atomic E-state index is 13.4. The number of ketones is 1. The first-order chi connectivity index (χ1) is 15.6. The van der Waals surface area contributed by atoms with Gasteiger partial charge in [0.25, 0.3) is 0 Å². The van der Waals surface area contributed by atoms with Crippen LogP contribution in [0.1, 0.15) is 28.9 Å². The summed E-state index contributed by atoms with van der Waals surface area (Å²) in [5.41, 5.74) is 0.0779. The highest BCUT2D eigenvalue weighted by Gasteiger charge is 2.48. The van der Waals surface area contributed by atoms with Gasteiger partial charge < -0.3 is 49.6 Å². The molecule has 4 rings (SSSR count). The van der Waals surface area contributed by atoms with Crippen LogP contribution in [0.2, 0.25) is 0 Å². The molecule has 2 heterocycles. The molecule has 7 atom stereocenters. The number of carbonyl (C=O) groups is 1. The molecule has 2 aliphatic rings. The average molecular weight is 464 g/mol. The van der Waals surface area contributed by atoms with Crippen LogP contribution in [0.25, 0.3) is 0 Å². The number of aliphatic hydroxyl groups is 3. The Morgan fingerprint density at radius 3 is 2.36 bits per heavy atom. The largest absolute Gasteiger partial charge is 0.508 e. The van der Waals surface area contributed by atoms with Crippen LogP contribution in [0, 0.1) is 0 Å². The number of carbonyl (C=O) groups excluding carboxylic acids is 1. The van der Waals surface area contributed by atoms with Crippen molar-refractivity contribution in [3.8, 4) is 28.7 Å². The molecule has 11 nitrogen and oxygen atoms in total. The summed E-state index contributed by atoms with van der Waals surface area (Å²) in [6.45, 7) is 1.46. The van der Waals surface area contributed by atoms with E-state index in [1.165, 1.54) is 32.2 Å². The van der Waals surface area contributed by atoms with Gasteiger partial charge in [0, 0.05) is 12.1 Å². The SMILES string of the molecule is COc1cc([C@H]2Oc3cc(O)cc(O)c3C(=O)[C@@H]2O[C@@H]2O[C@@H](C)[C@H](O)[C@@H](O)[C@H]2O)ccc1O. The molecule has 2 aliphatic heterocycles. The molecule has 2 aromatic carbocycles. The Hall–Kier alpha value is -3.09. The van der Waals surface area contributed by atoms with Gasteiger partial charge in [-0.3, -0.25) is 4.79 Å². The molecule has 2 aromatic rings. The smallest absolute Gasteiger partial charge is 0.203 e. The first-order valence-corrected chi connectivity index (χ1v) is 10.1. The molecule has 0 bridgehead atoms. The quantitative estimate of drug-likeness (QED) is 0.368. The number of phenolic OH excluding ortho intramolecular Hbond substituents is 3. The number of phenols is 3. The van der Waals surface area contributed by atoms with E-state index < -0.39 is 54.4 Å². The standard InChI is InChI=1S/C22H24O11/c1-8-16(26)18(28)19(29)22(31-8)33-21-17(27)15-12(25)6-10(23)7-14(15)32-20(21)9-3-4-11(24)13(5-9)30-2/h3-8,16,18-26,28-29H,1-2H3/t8-,16-,18+,19+,20+,21-,22-/m0/s1. The maximum atomic E-state index is 13.4. The number of hydrogen-bond acceptors (Lipinski definition) is 11. The van der Waals surface area contributed by atoms with Crippen molar-refractivity contribution < 1.29 is 54.4 Å². The van der Waals surface area contributed by atoms with Crippen LogP contribution >= 0.6 is 0 Å². The molecule has 0 aromatic heterocycles. The molecule has 6 N–H and O–H groups in total. The van der Waals surface area contributed by atoms with Gasteiger partial charge in [0.1, 0.15) is 41.1 Å². The number of methoxy groups -OCH3 is 1. The zero-order chi connectivity index (χ0) is 24.0. The van der Waals surface area contributed by atoms with Gasteiger partial charge in [-0.15, -0.1) is 0 Å². The van der Waals surface area contributed by atoms with E-state index in [0.29, 0.717) is 5.56 Å². The summed E-state index contributed by atoms with van der Waals surface area (Å²) in [6.07, 6.45) is -9.76. The lowest BCUT2D eigenvalue weighted by Crippen LogP contribution is -2.59. The predicted molar refractivity (Wildman–Crippen MR) is 109 cm³/mol. The first kappa shape index (κ1) is 23.1. The summed E-state index contributed by atoms with van der Waals surface area (Å²) in [6, 6.07) is 6.32. The van der Waals surface area contributed by atoms with Crippen LogP contribution in [0.3, 0.4) is 0 Å². The van der Waals surface area contributed by atoms with E-state index in [-0.39, 0.29) is 28.6 Å². The van der Waals surface area contributed by atoms with Gasteiger partial charge in [-0.1, -0.05) is 6.07 Å². The summed E-state index contributed by atoms with van der Waals surface area (Å²) < 4.78 is 22.2. The van der Waals surface area contributed by atoms with Gasteiger partial charge in [0.2, 0.25) is 5.78 Å². The normalized spacial score (nSPS) is 31.5. The van der Waals surface area contributed by atoms with Crippen LogP contribution in [0.15, 0.2) is 30.3 Å². The third kappa shape index (κ3) is 4.05. The van der Waals surface area contributed by atoms with Gasteiger partial charge >= 0.3 is 0 Å². The van der Waals surface area contributed by atoms with E-state index >= 15 is 0 Å². The molecule has 0 aliphatic carbocycles. The van der Waals surface area contributed by atoms with Gasteiger partial charge in [-0.05, 0) is 24.6 Å². The highest BCUT2D eigenvalue weighted by molar-refractivity contribution is 6.05. The minimum Gasteiger partial charge on any atom is -0.508 e. The molecule has 0 radical (unpaired) electrons. The second kappa shape index (κ2) is 8.69. The second-order valence-electron chi connectivity index (χ2n) is 7.91.